The van der Waals surface area contributed by atoms with Crippen LogP contribution in [-0.4, -0.2) is 52.3 Å². The molecule has 2 aromatic rings. The van der Waals surface area contributed by atoms with Gasteiger partial charge in [0.15, 0.2) is 0 Å². The zero-order chi connectivity index (χ0) is 17.3. The Morgan fingerprint density at radius 2 is 2.00 bits per heavy atom. The molecule has 3 heterocycles. The number of aromatic nitrogens is 2. The minimum absolute atomic E-state index is 0.0190. The van der Waals surface area contributed by atoms with Gasteiger partial charge < -0.3 is 15.0 Å². The monoisotopic (exact) mass is 340 g/mol. The number of ether oxygens (including phenoxy) is 1. The number of amides is 2. The smallest absolute Gasteiger partial charge is 0.407 e. The number of nitrogens with one attached hydrogen (secondary N) is 2. The van der Waals surface area contributed by atoms with E-state index in [1.165, 1.54) is 0 Å². The van der Waals surface area contributed by atoms with Crippen LogP contribution in [-0.2, 0) is 4.74 Å². The number of carbonyl (C=O) groups is 2. The number of carbonyl (C=O) groups excluding carboxylic acids is 2. The number of hydrogen-bond donors (Lipinski definition) is 2. The molecule has 2 saturated heterocycles. The Morgan fingerprint density at radius 1 is 1.16 bits per heavy atom. The van der Waals surface area contributed by atoms with Crippen molar-refractivity contribution in [3.05, 3.63) is 42.1 Å². The summed E-state index contributed by atoms with van der Waals surface area (Å²) < 4.78 is 5.46. The van der Waals surface area contributed by atoms with Gasteiger partial charge in [0.05, 0.1) is 12.2 Å². The molecule has 1 aromatic heterocycles. The SMILES string of the molecule is O=C1NC[C@@]2(CCCN(C(=O)c3ccc(-c4ccn[nH]4)cc3)CC2)O1. The lowest BCUT2D eigenvalue weighted by Crippen LogP contribution is -2.36. The van der Waals surface area contributed by atoms with Crippen molar-refractivity contribution in [3.63, 3.8) is 0 Å². The highest BCUT2D eigenvalue weighted by Crippen LogP contribution is 2.30. The van der Waals surface area contributed by atoms with Crippen LogP contribution in [0.3, 0.4) is 0 Å². The van der Waals surface area contributed by atoms with Crippen molar-refractivity contribution in [1.29, 1.82) is 0 Å². The standard InChI is InChI=1S/C18H20N4O3/c23-16(14-4-2-13(3-5-14)15-6-9-20-21-15)22-10-1-7-18(8-11-22)12-19-17(24)25-18/h2-6,9H,1,7-8,10-12H2,(H,19,24)(H,20,21)/t18-/m0/s1. The minimum Gasteiger partial charge on any atom is -0.441 e. The maximum atomic E-state index is 12.8. The van der Waals surface area contributed by atoms with Crippen LogP contribution in [0.4, 0.5) is 4.79 Å². The number of alkyl carbamates (subject to hydrolysis) is 1. The molecule has 4 rings (SSSR count). The molecular weight excluding hydrogens is 320 g/mol. The second-order valence-electron chi connectivity index (χ2n) is 6.62. The molecule has 2 fully saturated rings. The van der Waals surface area contributed by atoms with Crippen LogP contribution in [0.5, 0.6) is 0 Å². The first-order valence-electron chi connectivity index (χ1n) is 8.51. The first-order chi connectivity index (χ1) is 12.2. The molecule has 1 atom stereocenters. The van der Waals surface area contributed by atoms with E-state index in [0.717, 1.165) is 24.1 Å². The van der Waals surface area contributed by atoms with Crippen LogP contribution in [0.25, 0.3) is 11.3 Å². The van der Waals surface area contributed by atoms with Gasteiger partial charge in [-0.25, -0.2) is 4.79 Å². The topological polar surface area (TPSA) is 87.3 Å². The van der Waals surface area contributed by atoms with E-state index in [1.807, 2.05) is 35.2 Å². The van der Waals surface area contributed by atoms with Crippen LogP contribution >= 0.6 is 0 Å². The molecule has 0 saturated carbocycles. The highest BCUT2D eigenvalue weighted by Gasteiger charge is 2.41. The fourth-order valence-corrected chi connectivity index (χ4v) is 3.54. The highest BCUT2D eigenvalue weighted by atomic mass is 16.6. The Hall–Kier alpha value is -2.83. The molecule has 1 aromatic carbocycles. The summed E-state index contributed by atoms with van der Waals surface area (Å²) in [6.07, 6.45) is 3.63. The number of hydrogen-bond acceptors (Lipinski definition) is 4. The third-order valence-corrected chi connectivity index (χ3v) is 4.99. The Balaban J connectivity index is 1.45. The minimum atomic E-state index is -0.448. The fourth-order valence-electron chi connectivity index (χ4n) is 3.54. The molecule has 130 valence electrons. The van der Waals surface area contributed by atoms with Crippen molar-refractivity contribution >= 4 is 12.0 Å². The molecule has 2 amide bonds. The number of H-pyrrole nitrogens is 1. The molecular formula is C18H20N4O3. The van der Waals surface area contributed by atoms with Gasteiger partial charge in [-0.2, -0.15) is 5.10 Å². The molecule has 0 aliphatic carbocycles. The van der Waals surface area contributed by atoms with Crippen LogP contribution < -0.4 is 5.32 Å². The zero-order valence-corrected chi connectivity index (χ0v) is 13.8. The molecule has 0 unspecified atom stereocenters. The van der Waals surface area contributed by atoms with Crippen LogP contribution in [0.2, 0.25) is 0 Å². The van der Waals surface area contributed by atoms with E-state index >= 15 is 0 Å². The van der Waals surface area contributed by atoms with E-state index in [4.69, 9.17) is 4.74 Å². The van der Waals surface area contributed by atoms with E-state index in [-0.39, 0.29) is 12.0 Å². The average molecular weight is 340 g/mol. The van der Waals surface area contributed by atoms with Crippen molar-refractivity contribution in [2.75, 3.05) is 19.6 Å². The molecule has 25 heavy (non-hydrogen) atoms. The fraction of sp³-hybridized carbons (Fsp3) is 0.389. The third-order valence-electron chi connectivity index (χ3n) is 4.99. The molecule has 1 spiro atoms. The summed E-state index contributed by atoms with van der Waals surface area (Å²) in [6, 6.07) is 9.42. The van der Waals surface area contributed by atoms with Gasteiger partial charge in [0.25, 0.3) is 5.91 Å². The van der Waals surface area contributed by atoms with Gasteiger partial charge in [0, 0.05) is 31.3 Å². The van der Waals surface area contributed by atoms with E-state index in [0.29, 0.717) is 31.6 Å². The third kappa shape index (κ3) is 3.09. The number of nitrogens with zero attached hydrogens (tertiary/aromatic N) is 2. The van der Waals surface area contributed by atoms with Gasteiger partial charge in [0.1, 0.15) is 5.60 Å². The summed E-state index contributed by atoms with van der Waals surface area (Å²) in [7, 11) is 0. The average Bonchev–Trinajstić information content (AvgIpc) is 3.23. The molecule has 7 heteroatoms. The molecule has 2 N–H and O–H groups in total. The van der Waals surface area contributed by atoms with E-state index in [1.54, 1.807) is 6.20 Å². The Morgan fingerprint density at radius 3 is 2.68 bits per heavy atom. The first kappa shape index (κ1) is 15.7. The lowest BCUT2D eigenvalue weighted by atomic mass is 9.95. The van der Waals surface area contributed by atoms with Gasteiger partial charge in [-0.3, -0.25) is 9.89 Å². The summed E-state index contributed by atoms with van der Waals surface area (Å²) in [5.41, 5.74) is 2.14. The van der Waals surface area contributed by atoms with Gasteiger partial charge >= 0.3 is 6.09 Å². The van der Waals surface area contributed by atoms with Gasteiger partial charge in [-0.1, -0.05) is 12.1 Å². The van der Waals surface area contributed by atoms with E-state index < -0.39 is 5.60 Å². The van der Waals surface area contributed by atoms with Crippen molar-refractivity contribution in [2.24, 2.45) is 0 Å². The van der Waals surface area contributed by atoms with Crippen molar-refractivity contribution < 1.29 is 14.3 Å². The predicted octanol–water partition coefficient (Wildman–Crippen LogP) is 2.18. The van der Waals surface area contributed by atoms with Gasteiger partial charge in [-0.05, 0) is 36.6 Å². The van der Waals surface area contributed by atoms with Gasteiger partial charge in [-0.15, -0.1) is 0 Å². The molecule has 2 aliphatic rings. The van der Waals surface area contributed by atoms with Crippen LogP contribution in [0, 0.1) is 0 Å². The second kappa shape index (κ2) is 6.23. The highest BCUT2D eigenvalue weighted by molar-refractivity contribution is 5.94. The summed E-state index contributed by atoms with van der Waals surface area (Å²) >= 11 is 0. The lowest BCUT2D eigenvalue weighted by Gasteiger charge is -2.25. The number of benzene rings is 1. The van der Waals surface area contributed by atoms with Crippen molar-refractivity contribution in [3.8, 4) is 11.3 Å². The Kier molecular flexibility index (Phi) is 3.91. The molecule has 7 nitrogen and oxygen atoms in total. The second-order valence-corrected chi connectivity index (χ2v) is 6.62. The first-order valence-corrected chi connectivity index (χ1v) is 8.51. The number of aromatic amines is 1. The van der Waals surface area contributed by atoms with Crippen molar-refractivity contribution in [2.45, 2.75) is 24.9 Å². The van der Waals surface area contributed by atoms with Crippen LogP contribution in [0.1, 0.15) is 29.6 Å². The maximum absolute atomic E-state index is 12.8. The predicted molar refractivity (Wildman–Crippen MR) is 91.0 cm³/mol. The maximum Gasteiger partial charge on any atom is 0.407 e. The largest absolute Gasteiger partial charge is 0.441 e. The zero-order valence-electron chi connectivity index (χ0n) is 13.8. The Bertz CT molecular complexity index is 772. The van der Waals surface area contributed by atoms with Crippen LogP contribution in [0.15, 0.2) is 36.5 Å². The van der Waals surface area contributed by atoms with Crippen molar-refractivity contribution in [1.82, 2.24) is 20.4 Å². The van der Waals surface area contributed by atoms with E-state index in [2.05, 4.69) is 15.5 Å². The Labute approximate surface area is 145 Å². The quantitative estimate of drug-likeness (QED) is 0.877. The summed E-state index contributed by atoms with van der Waals surface area (Å²) in [5.74, 6) is 0.0190. The molecule has 2 aliphatic heterocycles. The van der Waals surface area contributed by atoms with E-state index in [9.17, 15) is 9.59 Å². The summed E-state index contributed by atoms with van der Waals surface area (Å²) in [5, 5.41) is 9.58. The summed E-state index contributed by atoms with van der Waals surface area (Å²) in [4.78, 5) is 26.0. The normalized spacial score (nSPS) is 23.2. The molecule has 0 radical (unpaired) electrons. The summed E-state index contributed by atoms with van der Waals surface area (Å²) in [6.45, 7) is 1.81. The van der Waals surface area contributed by atoms with Gasteiger partial charge in [0.2, 0.25) is 0 Å². The molecule has 0 bridgehead atoms. The lowest BCUT2D eigenvalue weighted by molar-refractivity contribution is 0.0438. The number of likely N-dealkylation sites (tertiary alicyclic amines) is 1. The number of rotatable bonds is 2.